The number of fused-ring (bicyclic) bond motifs is 1. The Morgan fingerprint density at radius 2 is 2.16 bits per heavy atom. The van der Waals surface area contributed by atoms with Gasteiger partial charge in [0.25, 0.3) is 5.91 Å². The predicted molar refractivity (Wildman–Crippen MR) is 98.4 cm³/mol. The van der Waals surface area contributed by atoms with Crippen LogP contribution in [0.5, 0.6) is 5.75 Å². The Balaban J connectivity index is 2.14. The molecule has 0 unspecified atom stereocenters. The fourth-order valence-corrected chi connectivity index (χ4v) is 3.96. The van der Waals surface area contributed by atoms with E-state index in [0.717, 1.165) is 16.0 Å². The minimum Gasteiger partial charge on any atom is -0.482 e. The van der Waals surface area contributed by atoms with Crippen molar-refractivity contribution in [2.45, 2.75) is 20.8 Å². The lowest BCUT2D eigenvalue weighted by Gasteiger charge is -2.28. The van der Waals surface area contributed by atoms with Crippen LogP contribution in [0, 0.1) is 6.92 Å². The number of nitrogens with two attached hydrogens (primary N) is 1. The Morgan fingerprint density at radius 3 is 2.84 bits per heavy atom. The number of carbonyl (C=O) groups is 2. The minimum atomic E-state index is -0.434. The summed E-state index contributed by atoms with van der Waals surface area (Å²) in [6.07, 6.45) is 0. The normalized spacial score (nSPS) is 13.4. The molecule has 2 heterocycles. The number of thiophene rings is 1. The Morgan fingerprint density at radius 1 is 1.40 bits per heavy atom. The Labute approximate surface area is 150 Å². The molecule has 3 rings (SSSR count). The standard InChI is InChI=1S/C18H20N2O4S/c1-4-20-12-8-11(6-7-13(12)24-9-14(20)21)15-10(3)25-17(19)16(15)18(22)23-5-2/h6-8H,4-5,9,19H2,1-3H3. The molecular formula is C18H20N2O4S. The molecule has 0 spiro atoms. The first kappa shape index (κ1) is 17.3. The molecule has 1 aromatic carbocycles. The maximum atomic E-state index is 12.3. The highest BCUT2D eigenvalue weighted by Crippen LogP contribution is 2.42. The molecule has 2 N–H and O–H groups in total. The van der Waals surface area contributed by atoms with Crippen LogP contribution in [-0.4, -0.2) is 31.6 Å². The van der Waals surface area contributed by atoms with Crippen LogP contribution < -0.4 is 15.4 Å². The average molecular weight is 360 g/mol. The lowest BCUT2D eigenvalue weighted by atomic mass is 10.00. The number of amides is 1. The maximum absolute atomic E-state index is 12.3. The summed E-state index contributed by atoms with van der Waals surface area (Å²) in [5, 5.41) is 0.434. The van der Waals surface area contributed by atoms with Crippen molar-refractivity contribution >= 4 is 33.9 Å². The molecule has 0 saturated carbocycles. The van der Waals surface area contributed by atoms with Crippen LogP contribution in [0.4, 0.5) is 10.7 Å². The molecule has 0 atom stereocenters. The van der Waals surface area contributed by atoms with E-state index in [1.54, 1.807) is 11.8 Å². The van der Waals surface area contributed by atoms with E-state index in [2.05, 4.69) is 0 Å². The minimum absolute atomic E-state index is 0.0404. The zero-order valence-corrected chi connectivity index (χ0v) is 15.2. The number of aryl methyl sites for hydroxylation is 1. The number of nitrogens with zero attached hydrogens (tertiary/aromatic N) is 1. The Hall–Kier alpha value is -2.54. The smallest absolute Gasteiger partial charge is 0.341 e. The number of hydrogen-bond donors (Lipinski definition) is 1. The van der Waals surface area contributed by atoms with E-state index < -0.39 is 5.97 Å². The molecule has 1 aromatic heterocycles. The molecule has 0 aliphatic carbocycles. The monoisotopic (exact) mass is 360 g/mol. The van der Waals surface area contributed by atoms with Crippen LogP contribution in [0.15, 0.2) is 18.2 Å². The summed E-state index contributed by atoms with van der Waals surface area (Å²) in [6.45, 7) is 6.46. The number of carbonyl (C=O) groups excluding carboxylic acids is 2. The molecular weight excluding hydrogens is 340 g/mol. The van der Waals surface area contributed by atoms with Crippen LogP contribution in [0.25, 0.3) is 11.1 Å². The van der Waals surface area contributed by atoms with Gasteiger partial charge in [0.05, 0.1) is 12.3 Å². The molecule has 0 bridgehead atoms. The number of ether oxygens (including phenoxy) is 2. The molecule has 7 heteroatoms. The largest absolute Gasteiger partial charge is 0.482 e. The molecule has 6 nitrogen and oxygen atoms in total. The van der Waals surface area contributed by atoms with E-state index in [-0.39, 0.29) is 19.1 Å². The van der Waals surface area contributed by atoms with Crippen LogP contribution in [0.1, 0.15) is 29.1 Å². The molecule has 0 saturated heterocycles. The van der Waals surface area contributed by atoms with Crippen molar-refractivity contribution in [3.63, 3.8) is 0 Å². The SMILES string of the molecule is CCOC(=O)c1c(N)sc(C)c1-c1ccc2c(c1)N(CC)C(=O)CO2. The lowest BCUT2D eigenvalue weighted by molar-refractivity contribution is -0.121. The van der Waals surface area contributed by atoms with Gasteiger partial charge in [0.15, 0.2) is 6.61 Å². The van der Waals surface area contributed by atoms with Crippen molar-refractivity contribution in [1.29, 1.82) is 0 Å². The molecule has 1 amide bonds. The van der Waals surface area contributed by atoms with Gasteiger partial charge in [-0.05, 0) is 38.5 Å². The van der Waals surface area contributed by atoms with Gasteiger partial charge in [0, 0.05) is 17.0 Å². The molecule has 1 aliphatic heterocycles. The van der Waals surface area contributed by atoms with Gasteiger partial charge >= 0.3 is 5.97 Å². The van der Waals surface area contributed by atoms with E-state index >= 15 is 0 Å². The zero-order valence-electron chi connectivity index (χ0n) is 14.4. The van der Waals surface area contributed by atoms with Gasteiger partial charge in [-0.25, -0.2) is 4.79 Å². The summed E-state index contributed by atoms with van der Waals surface area (Å²) < 4.78 is 10.7. The van der Waals surface area contributed by atoms with Crippen molar-refractivity contribution in [2.75, 3.05) is 30.4 Å². The lowest BCUT2D eigenvalue weighted by Crippen LogP contribution is -2.38. The van der Waals surface area contributed by atoms with Crippen molar-refractivity contribution in [1.82, 2.24) is 0 Å². The highest BCUT2D eigenvalue weighted by molar-refractivity contribution is 7.16. The summed E-state index contributed by atoms with van der Waals surface area (Å²) in [6, 6.07) is 5.56. The van der Waals surface area contributed by atoms with Crippen LogP contribution >= 0.6 is 11.3 Å². The Bertz CT molecular complexity index is 844. The number of benzene rings is 1. The topological polar surface area (TPSA) is 81.9 Å². The summed E-state index contributed by atoms with van der Waals surface area (Å²) in [5.74, 6) is 0.139. The van der Waals surface area contributed by atoms with Crippen LogP contribution in [0.2, 0.25) is 0 Å². The number of rotatable bonds is 4. The summed E-state index contributed by atoms with van der Waals surface area (Å²) in [4.78, 5) is 27.0. The number of nitrogen functional groups attached to an aromatic ring is 1. The molecule has 1 aliphatic rings. The third kappa shape index (κ3) is 2.95. The van der Waals surface area contributed by atoms with Crippen molar-refractivity contribution < 1.29 is 19.1 Å². The first-order valence-electron chi connectivity index (χ1n) is 8.11. The molecule has 0 radical (unpaired) electrons. The summed E-state index contributed by atoms with van der Waals surface area (Å²) >= 11 is 1.35. The van der Waals surface area contributed by atoms with Gasteiger partial charge in [-0.2, -0.15) is 0 Å². The fraction of sp³-hybridized carbons (Fsp3) is 0.333. The van der Waals surface area contributed by atoms with E-state index in [9.17, 15) is 9.59 Å². The highest BCUT2D eigenvalue weighted by Gasteiger charge is 2.27. The van der Waals surface area contributed by atoms with Gasteiger partial charge in [0.1, 0.15) is 16.3 Å². The van der Waals surface area contributed by atoms with Gasteiger partial charge < -0.3 is 20.1 Å². The summed E-state index contributed by atoms with van der Waals surface area (Å²) in [5.41, 5.74) is 8.70. The fourth-order valence-electron chi connectivity index (χ4n) is 3.02. The second-order valence-corrected chi connectivity index (χ2v) is 6.86. The van der Waals surface area contributed by atoms with E-state index in [0.29, 0.717) is 28.5 Å². The molecule has 2 aromatic rings. The third-order valence-corrected chi connectivity index (χ3v) is 5.03. The van der Waals surface area contributed by atoms with Crippen LogP contribution in [-0.2, 0) is 9.53 Å². The van der Waals surface area contributed by atoms with E-state index in [4.69, 9.17) is 15.2 Å². The number of likely N-dealkylation sites (N-methyl/N-ethyl adjacent to an activating group) is 1. The first-order valence-corrected chi connectivity index (χ1v) is 8.93. The third-order valence-electron chi connectivity index (χ3n) is 4.10. The van der Waals surface area contributed by atoms with Gasteiger partial charge in [-0.1, -0.05) is 6.07 Å². The van der Waals surface area contributed by atoms with Crippen molar-refractivity contribution in [3.05, 3.63) is 28.6 Å². The predicted octanol–water partition coefficient (Wildman–Crippen LogP) is 3.23. The molecule has 132 valence electrons. The van der Waals surface area contributed by atoms with Gasteiger partial charge in [-0.3, -0.25) is 4.79 Å². The molecule has 0 fully saturated rings. The second-order valence-electron chi connectivity index (χ2n) is 5.60. The number of esters is 1. The van der Waals surface area contributed by atoms with Crippen molar-refractivity contribution in [3.8, 4) is 16.9 Å². The van der Waals surface area contributed by atoms with Gasteiger partial charge in [0.2, 0.25) is 0 Å². The highest BCUT2D eigenvalue weighted by atomic mass is 32.1. The first-order chi connectivity index (χ1) is 12.0. The van der Waals surface area contributed by atoms with E-state index in [1.165, 1.54) is 11.3 Å². The Kier molecular flexibility index (Phi) is 4.67. The van der Waals surface area contributed by atoms with Crippen LogP contribution in [0.3, 0.4) is 0 Å². The number of hydrogen-bond acceptors (Lipinski definition) is 6. The molecule has 25 heavy (non-hydrogen) atoms. The zero-order chi connectivity index (χ0) is 18.1. The average Bonchev–Trinajstić information content (AvgIpc) is 2.88. The van der Waals surface area contributed by atoms with E-state index in [1.807, 2.05) is 32.0 Å². The summed E-state index contributed by atoms with van der Waals surface area (Å²) in [7, 11) is 0. The van der Waals surface area contributed by atoms with Crippen molar-refractivity contribution in [2.24, 2.45) is 0 Å². The quantitative estimate of drug-likeness (QED) is 0.847. The number of anilines is 2. The maximum Gasteiger partial charge on any atom is 0.341 e. The van der Waals surface area contributed by atoms with Gasteiger partial charge in [-0.15, -0.1) is 11.3 Å². The second kappa shape index (κ2) is 6.76.